The van der Waals surface area contributed by atoms with Crippen LogP contribution in [-0.4, -0.2) is 18.2 Å². The van der Waals surface area contributed by atoms with Crippen molar-refractivity contribution in [2.24, 2.45) is 16.9 Å². The first kappa shape index (κ1) is 18.5. The predicted octanol–water partition coefficient (Wildman–Crippen LogP) is 4.28. The molecule has 0 fully saturated rings. The summed E-state index contributed by atoms with van der Waals surface area (Å²) in [6.45, 7) is 8.49. The lowest BCUT2D eigenvalue weighted by Gasteiger charge is -2.12. The Morgan fingerprint density at radius 2 is 1.68 bits per heavy atom. The molecule has 1 amide bonds. The molecule has 1 N–H and O–H groups in total. The van der Waals surface area contributed by atoms with Crippen LogP contribution >= 0.6 is 11.6 Å². The van der Waals surface area contributed by atoms with Gasteiger partial charge in [-0.05, 0) is 48.9 Å². The Hall–Kier alpha value is -1.55. The Bertz CT molecular complexity index is 484. The van der Waals surface area contributed by atoms with Crippen LogP contribution in [0.5, 0.6) is 5.75 Å². The van der Waals surface area contributed by atoms with E-state index in [-0.39, 0.29) is 12.5 Å². The van der Waals surface area contributed by atoms with E-state index in [0.717, 1.165) is 18.6 Å². The average Bonchev–Trinajstić information content (AvgIpc) is 2.43. The third-order valence-electron chi connectivity index (χ3n) is 2.81. The zero-order chi connectivity index (χ0) is 16.5. The summed E-state index contributed by atoms with van der Waals surface area (Å²) in [5.41, 5.74) is 3.59. The summed E-state index contributed by atoms with van der Waals surface area (Å²) in [5.74, 6) is 1.37. The molecule has 1 rings (SSSR count). The minimum Gasteiger partial charge on any atom is -0.484 e. The number of nitrogens with one attached hydrogen (secondary N) is 1. The zero-order valence-electron chi connectivity index (χ0n) is 13.7. The lowest BCUT2D eigenvalue weighted by molar-refractivity contribution is -0.123. The van der Waals surface area contributed by atoms with Crippen LogP contribution < -0.4 is 10.2 Å². The van der Waals surface area contributed by atoms with Crippen LogP contribution in [0.4, 0.5) is 0 Å². The Balaban J connectivity index is 2.47. The van der Waals surface area contributed by atoms with Gasteiger partial charge in [-0.2, -0.15) is 5.10 Å². The summed E-state index contributed by atoms with van der Waals surface area (Å²) < 4.78 is 5.38. The summed E-state index contributed by atoms with van der Waals surface area (Å²) in [7, 11) is 0. The van der Waals surface area contributed by atoms with E-state index in [1.54, 1.807) is 24.3 Å². The van der Waals surface area contributed by atoms with Gasteiger partial charge in [0.15, 0.2) is 6.61 Å². The van der Waals surface area contributed by atoms with Crippen molar-refractivity contribution >= 4 is 23.2 Å². The number of carbonyl (C=O) groups is 1. The maximum atomic E-state index is 11.8. The fourth-order valence-electron chi connectivity index (χ4n) is 1.97. The highest BCUT2D eigenvalue weighted by molar-refractivity contribution is 6.30. The van der Waals surface area contributed by atoms with Gasteiger partial charge in [-0.15, -0.1) is 0 Å². The van der Waals surface area contributed by atoms with E-state index < -0.39 is 0 Å². The first-order chi connectivity index (χ1) is 10.4. The van der Waals surface area contributed by atoms with Crippen molar-refractivity contribution in [1.82, 2.24) is 5.43 Å². The number of benzene rings is 1. The molecular formula is C17H25ClN2O2. The molecule has 0 atom stereocenters. The van der Waals surface area contributed by atoms with Crippen LogP contribution in [0.3, 0.4) is 0 Å². The fraction of sp³-hybridized carbons (Fsp3) is 0.529. The van der Waals surface area contributed by atoms with Gasteiger partial charge in [-0.3, -0.25) is 4.79 Å². The first-order valence-corrected chi connectivity index (χ1v) is 7.97. The average molecular weight is 325 g/mol. The predicted molar refractivity (Wildman–Crippen MR) is 91.4 cm³/mol. The maximum Gasteiger partial charge on any atom is 0.277 e. The highest BCUT2D eigenvalue weighted by Gasteiger charge is 2.08. The van der Waals surface area contributed by atoms with Gasteiger partial charge in [-0.25, -0.2) is 5.43 Å². The molecule has 1 aromatic carbocycles. The summed E-state index contributed by atoms with van der Waals surface area (Å²) in [5, 5.41) is 4.88. The van der Waals surface area contributed by atoms with Crippen molar-refractivity contribution in [3.05, 3.63) is 29.3 Å². The fourth-order valence-corrected chi connectivity index (χ4v) is 2.10. The summed E-state index contributed by atoms with van der Waals surface area (Å²) in [6.07, 6.45) is 1.77. The molecule has 1 aromatic rings. The van der Waals surface area contributed by atoms with E-state index in [1.165, 1.54) is 0 Å². The minimum absolute atomic E-state index is 0.0677. The lowest BCUT2D eigenvalue weighted by atomic mass is 9.99. The standard InChI is InChI=1S/C17H25ClN2O2/c1-12(2)9-15(10-13(3)4)19-20-17(21)11-22-16-7-5-14(18)6-8-16/h5-8,12-13H,9-11H2,1-4H3,(H,20,21). The van der Waals surface area contributed by atoms with Crippen molar-refractivity contribution in [2.75, 3.05) is 6.61 Å². The molecule has 22 heavy (non-hydrogen) atoms. The normalized spacial score (nSPS) is 10.7. The Kier molecular flexibility index (Phi) is 7.96. The van der Waals surface area contributed by atoms with Gasteiger partial charge in [-0.1, -0.05) is 39.3 Å². The molecule has 122 valence electrons. The second-order valence-corrected chi connectivity index (χ2v) is 6.59. The number of carbonyl (C=O) groups excluding carboxylic acids is 1. The van der Waals surface area contributed by atoms with Crippen molar-refractivity contribution in [3.8, 4) is 5.75 Å². The first-order valence-electron chi connectivity index (χ1n) is 7.59. The molecule has 0 heterocycles. The molecule has 0 aromatic heterocycles. The molecule has 0 radical (unpaired) electrons. The van der Waals surface area contributed by atoms with E-state index in [1.807, 2.05) is 0 Å². The molecule has 0 unspecified atom stereocenters. The number of ether oxygens (including phenoxy) is 1. The summed E-state index contributed by atoms with van der Waals surface area (Å²) >= 11 is 5.79. The summed E-state index contributed by atoms with van der Waals surface area (Å²) in [6, 6.07) is 6.89. The number of nitrogens with zero attached hydrogens (tertiary/aromatic N) is 1. The molecule has 0 bridgehead atoms. The minimum atomic E-state index is -0.264. The van der Waals surface area contributed by atoms with Gasteiger partial charge in [0.1, 0.15) is 5.75 Å². The molecule has 0 aliphatic carbocycles. The van der Waals surface area contributed by atoms with E-state index in [9.17, 15) is 4.79 Å². The third kappa shape index (κ3) is 8.03. The summed E-state index contributed by atoms with van der Waals surface area (Å²) in [4.78, 5) is 11.8. The second-order valence-electron chi connectivity index (χ2n) is 6.15. The largest absolute Gasteiger partial charge is 0.484 e. The lowest BCUT2D eigenvalue weighted by Crippen LogP contribution is -2.26. The number of hydrogen-bond acceptors (Lipinski definition) is 3. The highest BCUT2D eigenvalue weighted by Crippen LogP contribution is 2.15. The number of amides is 1. The Labute approximate surface area is 137 Å². The molecular weight excluding hydrogens is 300 g/mol. The van der Waals surface area contributed by atoms with Crippen LogP contribution in [0.25, 0.3) is 0 Å². The van der Waals surface area contributed by atoms with Gasteiger partial charge >= 0.3 is 0 Å². The van der Waals surface area contributed by atoms with E-state index in [4.69, 9.17) is 16.3 Å². The van der Waals surface area contributed by atoms with Crippen LogP contribution in [0.2, 0.25) is 5.02 Å². The molecule has 0 aliphatic heterocycles. The number of halogens is 1. The SMILES string of the molecule is CC(C)CC(CC(C)C)=NNC(=O)COc1ccc(Cl)cc1. The zero-order valence-corrected chi connectivity index (χ0v) is 14.5. The maximum absolute atomic E-state index is 11.8. The molecule has 4 nitrogen and oxygen atoms in total. The molecule has 5 heteroatoms. The van der Waals surface area contributed by atoms with Crippen molar-refractivity contribution in [1.29, 1.82) is 0 Å². The number of rotatable bonds is 8. The van der Waals surface area contributed by atoms with Crippen LogP contribution in [0.15, 0.2) is 29.4 Å². The molecule has 0 aliphatic rings. The highest BCUT2D eigenvalue weighted by atomic mass is 35.5. The van der Waals surface area contributed by atoms with Gasteiger partial charge < -0.3 is 4.74 Å². The monoisotopic (exact) mass is 324 g/mol. The van der Waals surface area contributed by atoms with Gasteiger partial charge in [0.2, 0.25) is 0 Å². The van der Waals surface area contributed by atoms with Gasteiger partial charge in [0.05, 0.1) is 0 Å². The van der Waals surface area contributed by atoms with E-state index in [0.29, 0.717) is 22.6 Å². The Morgan fingerprint density at radius 1 is 1.14 bits per heavy atom. The van der Waals surface area contributed by atoms with Crippen LogP contribution in [-0.2, 0) is 4.79 Å². The van der Waals surface area contributed by atoms with Crippen LogP contribution in [0.1, 0.15) is 40.5 Å². The molecule has 0 saturated heterocycles. The topological polar surface area (TPSA) is 50.7 Å². The van der Waals surface area contributed by atoms with Crippen molar-refractivity contribution in [2.45, 2.75) is 40.5 Å². The van der Waals surface area contributed by atoms with Gasteiger partial charge in [0, 0.05) is 10.7 Å². The van der Waals surface area contributed by atoms with Gasteiger partial charge in [0.25, 0.3) is 5.91 Å². The number of hydrazone groups is 1. The van der Waals surface area contributed by atoms with Crippen molar-refractivity contribution in [3.63, 3.8) is 0 Å². The van der Waals surface area contributed by atoms with Crippen molar-refractivity contribution < 1.29 is 9.53 Å². The molecule has 0 saturated carbocycles. The Morgan fingerprint density at radius 3 is 2.18 bits per heavy atom. The number of hydrogen-bond donors (Lipinski definition) is 1. The molecule has 0 spiro atoms. The van der Waals surface area contributed by atoms with E-state index >= 15 is 0 Å². The van der Waals surface area contributed by atoms with E-state index in [2.05, 4.69) is 38.2 Å². The smallest absolute Gasteiger partial charge is 0.277 e. The second kappa shape index (κ2) is 9.46. The third-order valence-corrected chi connectivity index (χ3v) is 3.06. The van der Waals surface area contributed by atoms with Crippen LogP contribution in [0, 0.1) is 11.8 Å². The quantitative estimate of drug-likeness (QED) is 0.573.